The topological polar surface area (TPSA) is 20.2 Å². The van der Waals surface area contributed by atoms with Crippen molar-refractivity contribution in [3.8, 4) is 16.8 Å². The molecule has 3 unspecified atom stereocenters. The summed E-state index contributed by atoms with van der Waals surface area (Å²) >= 11 is 0. The standard InChI is InChI=1S/C60H47N3/c1-61-54(39-53(41-20-6-3-7-21-41)50-27-13-12-24-47(50)40-18-4-2-5-19-40)44-36-45(62-55-30-16-14-28-51(55)59-48-25-10-8-22-42(48)32-34-57(59)62)38-46(37-44)63-56-31-17-15-29-52(56)60-49-26-11-9-23-43(49)33-35-58(60)63/h2-8,10-22,24-39,53,58,60-61H,9,23H2,1H3/b54-39-. The number of nitrogens with one attached hydrogen (secondary N) is 1. The summed E-state index contributed by atoms with van der Waals surface area (Å²) in [6.07, 6.45) is 14.3. The number of nitrogens with zero attached hydrogens (tertiary/aromatic N) is 2. The number of aromatic nitrogens is 1. The van der Waals surface area contributed by atoms with Crippen LogP contribution in [0, 0.1) is 0 Å². The molecule has 3 aliphatic rings. The molecule has 2 heterocycles. The molecule has 302 valence electrons. The molecule has 1 N–H and O–H groups in total. The van der Waals surface area contributed by atoms with E-state index in [1.165, 1.54) is 82.9 Å². The van der Waals surface area contributed by atoms with Crippen molar-refractivity contribution in [2.75, 3.05) is 11.9 Å². The van der Waals surface area contributed by atoms with Crippen LogP contribution in [0.25, 0.3) is 55.1 Å². The second kappa shape index (κ2) is 15.4. The van der Waals surface area contributed by atoms with Crippen LogP contribution >= 0.6 is 0 Å². The number of allylic oxidation sites excluding steroid dienone is 5. The van der Waals surface area contributed by atoms with E-state index in [-0.39, 0.29) is 17.9 Å². The average Bonchev–Trinajstić information content (AvgIpc) is 3.89. The maximum absolute atomic E-state index is 3.75. The van der Waals surface area contributed by atoms with Crippen molar-refractivity contribution >= 4 is 49.7 Å². The van der Waals surface area contributed by atoms with Gasteiger partial charge < -0.3 is 14.8 Å². The number of anilines is 2. The third-order valence-electron chi connectivity index (χ3n) is 13.7. The van der Waals surface area contributed by atoms with Crippen LogP contribution in [0.4, 0.5) is 11.4 Å². The van der Waals surface area contributed by atoms with Crippen LogP contribution in [0.2, 0.25) is 0 Å². The van der Waals surface area contributed by atoms with Gasteiger partial charge >= 0.3 is 0 Å². The van der Waals surface area contributed by atoms with E-state index in [4.69, 9.17) is 0 Å². The Labute approximate surface area is 369 Å². The molecule has 12 rings (SSSR count). The lowest BCUT2D eigenvalue weighted by molar-refractivity contribution is 0.701. The fraction of sp³-hybridized carbons (Fsp3) is 0.100. The molecule has 0 spiro atoms. The van der Waals surface area contributed by atoms with Crippen molar-refractivity contribution in [3.05, 3.63) is 252 Å². The first-order valence-electron chi connectivity index (χ1n) is 22.3. The molecule has 0 radical (unpaired) electrons. The molecule has 2 aliphatic carbocycles. The minimum Gasteiger partial charge on any atom is -0.388 e. The fourth-order valence-electron chi connectivity index (χ4n) is 10.9. The lowest BCUT2D eigenvalue weighted by atomic mass is 9.78. The highest BCUT2D eigenvalue weighted by molar-refractivity contribution is 6.21. The summed E-state index contributed by atoms with van der Waals surface area (Å²) in [4.78, 5) is 2.62. The van der Waals surface area contributed by atoms with Gasteiger partial charge in [-0.1, -0.05) is 176 Å². The number of hydrogen-bond donors (Lipinski definition) is 1. The lowest BCUT2D eigenvalue weighted by Crippen LogP contribution is -2.31. The van der Waals surface area contributed by atoms with Gasteiger partial charge in [0, 0.05) is 58.0 Å². The van der Waals surface area contributed by atoms with E-state index >= 15 is 0 Å². The summed E-state index contributed by atoms with van der Waals surface area (Å²) in [5.41, 5.74) is 17.5. The van der Waals surface area contributed by atoms with E-state index in [9.17, 15) is 0 Å². The molecule has 1 aliphatic heterocycles. The molecule has 0 fully saturated rings. The molecular formula is C60H47N3. The second-order valence-electron chi connectivity index (χ2n) is 17.1. The van der Waals surface area contributed by atoms with Crippen molar-refractivity contribution in [1.82, 2.24) is 9.88 Å². The molecule has 3 atom stereocenters. The van der Waals surface area contributed by atoms with E-state index in [1.807, 2.05) is 0 Å². The van der Waals surface area contributed by atoms with Crippen molar-refractivity contribution in [1.29, 1.82) is 0 Å². The smallest absolute Gasteiger partial charge is 0.0635 e. The van der Waals surface area contributed by atoms with E-state index < -0.39 is 0 Å². The molecule has 3 heteroatoms. The Morgan fingerprint density at radius 3 is 2.25 bits per heavy atom. The molecule has 9 aromatic rings. The lowest BCUT2D eigenvalue weighted by Gasteiger charge is -2.33. The molecule has 3 nitrogen and oxygen atoms in total. The predicted octanol–water partition coefficient (Wildman–Crippen LogP) is 14.8. The summed E-state index contributed by atoms with van der Waals surface area (Å²) in [6, 6.07) is 69.5. The zero-order chi connectivity index (χ0) is 41.9. The van der Waals surface area contributed by atoms with Gasteiger partial charge in [0.15, 0.2) is 0 Å². The summed E-state index contributed by atoms with van der Waals surface area (Å²) in [7, 11) is 2.07. The molecule has 63 heavy (non-hydrogen) atoms. The Bertz CT molecular complexity index is 3350. The Morgan fingerprint density at radius 1 is 0.651 bits per heavy atom. The van der Waals surface area contributed by atoms with Crippen LogP contribution in [0.3, 0.4) is 0 Å². The second-order valence-corrected chi connectivity index (χ2v) is 17.1. The van der Waals surface area contributed by atoms with Crippen LogP contribution in [-0.2, 0) is 0 Å². The average molecular weight is 810 g/mol. The Hall–Kier alpha value is -7.62. The first-order valence-corrected chi connectivity index (χ1v) is 22.3. The highest BCUT2D eigenvalue weighted by Gasteiger charge is 2.42. The third kappa shape index (κ3) is 6.18. The quantitative estimate of drug-likeness (QED) is 0.165. The van der Waals surface area contributed by atoms with Gasteiger partial charge in [0.2, 0.25) is 0 Å². The van der Waals surface area contributed by atoms with Crippen LogP contribution in [0.5, 0.6) is 0 Å². The SMILES string of the molecule is CN/C(=C\C(c1ccccc1)c1ccccc1-c1ccccc1)c1cc(N2c3ccccc3C3C4=C(C=CC32)CCC=C4)cc(-n2c3ccccc3c3c4ccccc4ccc32)c1. The Morgan fingerprint density at radius 2 is 1.38 bits per heavy atom. The van der Waals surface area contributed by atoms with Gasteiger partial charge in [0.25, 0.3) is 0 Å². The van der Waals surface area contributed by atoms with Crippen molar-refractivity contribution in [2.45, 2.75) is 30.7 Å². The van der Waals surface area contributed by atoms with Crippen molar-refractivity contribution in [2.24, 2.45) is 0 Å². The normalized spacial score (nSPS) is 17.3. The molecule has 8 aromatic carbocycles. The van der Waals surface area contributed by atoms with E-state index in [0.717, 1.165) is 29.8 Å². The Balaban J connectivity index is 1.12. The first kappa shape index (κ1) is 37.2. The molecule has 1 aromatic heterocycles. The predicted molar refractivity (Wildman–Crippen MR) is 265 cm³/mol. The van der Waals surface area contributed by atoms with E-state index in [2.05, 4.69) is 240 Å². The number of para-hydroxylation sites is 2. The zero-order valence-electron chi connectivity index (χ0n) is 35.3. The molecule has 0 bridgehead atoms. The van der Waals surface area contributed by atoms with Crippen molar-refractivity contribution in [3.63, 3.8) is 0 Å². The van der Waals surface area contributed by atoms with E-state index in [0.29, 0.717) is 0 Å². The monoisotopic (exact) mass is 809 g/mol. The summed E-state index contributed by atoms with van der Waals surface area (Å²) in [5, 5.41) is 8.81. The fourth-order valence-corrected chi connectivity index (χ4v) is 10.9. The van der Waals surface area contributed by atoms with Gasteiger partial charge in [-0.05, 0) is 105 Å². The zero-order valence-corrected chi connectivity index (χ0v) is 35.3. The van der Waals surface area contributed by atoms with Crippen LogP contribution in [0.15, 0.2) is 230 Å². The number of rotatable bonds is 8. The van der Waals surface area contributed by atoms with Gasteiger partial charge in [-0.2, -0.15) is 0 Å². The molecular weight excluding hydrogens is 763 g/mol. The van der Waals surface area contributed by atoms with Gasteiger partial charge in [0.1, 0.15) is 0 Å². The summed E-state index contributed by atoms with van der Waals surface area (Å²) in [6.45, 7) is 0. The maximum Gasteiger partial charge on any atom is 0.0635 e. The molecule has 0 saturated heterocycles. The largest absolute Gasteiger partial charge is 0.388 e. The number of hydrogen-bond acceptors (Lipinski definition) is 2. The highest BCUT2D eigenvalue weighted by Crippen LogP contribution is 2.53. The third-order valence-corrected chi connectivity index (χ3v) is 13.7. The van der Waals surface area contributed by atoms with E-state index in [1.54, 1.807) is 0 Å². The number of fused-ring (bicyclic) bond motifs is 9. The minimum atomic E-state index is -0.0293. The van der Waals surface area contributed by atoms with Crippen LogP contribution in [-0.4, -0.2) is 17.7 Å². The van der Waals surface area contributed by atoms with Gasteiger partial charge in [-0.25, -0.2) is 0 Å². The minimum absolute atomic E-state index is 0.0293. The van der Waals surface area contributed by atoms with Crippen LogP contribution in [0.1, 0.15) is 46.9 Å². The first-order chi connectivity index (χ1) is 31.2. The van der Waals surface area contributed by atoms with Gasteiger partial charge in [-0.3, -0.25) is 0 Å². The number of benzene rings is 8. The van der Waals surface area contributed by atoms with Crippen LogP contribution < -0.4 is 10.2 Å². The summed E-state index contributed by atoms with van der Waals surface area (Å²) in [5.74, 6) is 0.235. The molecule has 0 amide bonds. The van der Waals surface area contributed by atoms with Crippen molar-refractivity contribution < 1.29 is 0 Å². The molecule has 0 saturated carbocycles. The summed E-state index contributed by atoms with van der Waals surface area (Å²) < 4.78 is 2.50. The Kier molecular flexibility index (Phi) is 9.07. The maximum atomic E-state index is 3.75. The van der Waals surface area contributed by atoms with Gasteiger partial charge in [-0.15, -0.1) is 0 Å². The van der Waals surface area contributed by atoms with Gasteiger partial charge in [0.05, 0.1) is 17.1 Å². The highest BCUT2D eigenvalue weighted by atomic mass is 15.2.